The summed E-state index contributed by atoms with van der Waals surface area (Å²) in [4.78, 5) is 13.0. The van der Waals surface area contributed by atoms with E-state index in [-0.39, 0.29) is 12.5 Å². The van der Waals surface area contributed by atoms with E-state index < -0.39 is 0 Å². The zero-order valence-electron chi connectivity index (χ0n) is 9.59. The van der Waals surface area contributed by atoms with Crippen LogP contribution in [0.1, 0.15) is 34.1 Å². The molecule has 0 spiro atoms. The van der Waals surface area contributed by atoms with Crippen molar-refractivity contribution in [3.8, 4) is 0 Å². The Morgan fingerprint density at radius 3 is 2.15 bits per heavy atom. The Morgan fingerprint density at radius 1 is 1.31 bits per heavy atom. The molecule has 80 valence electrons. The minimum atomic E-state index is 0.0804. The molecule has 0 N–H and O–H groups in total. The Balaban J connectivity index is 0. The highest BCUT2D eigenvalue weighted by Gasteiger charge is 2.08. The fourth-order valence-electron chi connectivity index (χ4n) is 0.944. The fraction of sp³-hybridized carbons (Fsp3) is 0.900. The average molecular weight is 189 g/mol. The molecular formula is C10H23NO2. The summed E-state index contributed by atoms with van der Waals surface area (Å²) in [6, 6.07) is 0. The van der Waals surface area contributed by atoms with E-state index in [1.807, 2.05) is 20.8 Å². The number of ether oxygens (including phenoxy) is 1. The highest BCUT2D eigenvalue weighted by molar-refractivity contribution is 5.77. The van der Waals surface area contributed by atoms with E-state index in [4.69, 9.17) is 4.74 Å². The van der Waals surface area contributed by atoms with Crippen LogP contribution in [-0.2, 0) is 9.53 Å². The molecule has 0 aliphatic rings. The largest absolute Gasteiger partial charge is 0.375 e. The Hall–Kier alpha value is -0.570. The molecule has 0 fully saturated rings. The molecule has 0 rings (SSSR count). The van der Waals surface area contributed by atoms with E-state index in [0.29, 0.717) is 0 Å². The van der Waals surface area contributed by atoms with E-state index in [1.165, 1.54) is 7.11 Å². The molecule has 0 bridgehead atoms. The molecule has 3 heteroatoms. The van der Waals surface area contributed by atoms with Gasteiger partial charge in [0, 0.05) is 20.2 Å². The van der Waals surface area contributed by atoms with Crippen molar-refractivity contribution in [3.05, 3.63) is 0 Å². The Bertz CT molecular complexity index is 115. The second-order valence-corrected chi connectivity index (χ2v) is 2.41. The molecule has 3 nitrogen and oxygen atoms in total. The number of rotatable bonds is 5. The third kappa shape index (κ3) is 7.78. The number of amides is 1. The molecule has 0 aromatic heterocycles. The van der Waals surface area contributed by atoms with Gasteiger partial charge in [0.2, 0.25) is 5.91 Å². The maximum absolute atomic E-state index is 11.2. The number of hydrogen-bond acceptors (Lipinski definition) is 2. The standard InChI is InChI=1S/C8H17NO2.C2H6/c1-4-6-9(5-2)8(10)7-11-3;1-2/h4-7H2,1-3H3;1-2H3. The molecule has 0 aliphatic heterocycles. The number of nitrogens with zero attached hydrogens (tertiary/aromatic N) is 1. The second kappa shape index (κ2) is 11.4. The molecule has 0 aromatic rings. The van der Waals surface area contributed by atoms with Crippen molar-refractivity contribution in [1.29, 1.82) is 0 Å². The van der Waals surface area contributed by atoms with Crippen molar-refractivity contribution in [2.24, 2.45) is 0 Å². The molecule has 0 aromatic carbocycles. The minimum Gasteiger partial charge on any atom is -0.375 e. The van der Waals surface area contributed by atoms with Crippen LogP contribution >= 0.6 is 0 Å². The van der Waals surface area contributed by atoms with Gasteiger partial charge >= 0.3 is 0 Å². The maximum atomic E-state index is 11.2. The average Bonchev–Trinajstić information content (AvgIpc) is 2.17. The van der Waals surface area contributed by atoms with Crippen molar-refractivity contribution < 1.29 is 9.53 Å². The third-order valence-electron chi connectivity index (χ3n) is 1.50. The number of likely N-dealkylation sites (N-methyl/N-ethyl adjacent to an activating group) is 1. The molecule has 0 atom stereocenters. The van der Waals surface area contributed by atoms with Crippen molar-refractivity contribution in [1.82, 2.24) is 4.90 Å². The van der Waals surface area contributed by atoms with Crippen LogP contribution in [0.15, 0.2) is 0 Å². The summed E-state index contributed by atoms with van der Waals surface area (Å²) in [5.41, 5.74) is 0. The summed E-state index contributed by atoms with van der Waals surface area (Å²) in [5, 5.41) is 0. The lowest BCUT2D eigenvalue weighted by Crippen LogP contribution is -2.34. The molecule has 13 heavy (non-hydrogen) atoms. The molecular weight excluding hydrogens is 166 g/mol. The zero-order chi connectivity index (χ0) is 10.7. The summed E-state index contributed by atoms with van der Waals surface area (Å²) < 4.78 is 4.74. The van der Waals surface area contributed by atoms with Gasteiger partial charge in [-0.2, -0.15) is 0 Å². The summed E-state index contributed by atoms with van der Waals surface area (Å²) >= 11 is 0. The van der Waals surface area contributed by atoms with Gasteiger partial charge in [-0.25, -0.2) is 0 Å². The van der Waals surface area contributed by atoms with Gasteiger partial charge in [-0.15, -0.1) is 0 Å². The fourth-order valence-corrected chi connectivity index (χ4v) is 0.944. The number of carbonyl (C=O) groups excluding carboxylic acids is 1. The van der Waals surface area contributed by atoms with Gasteiger partial charge in [-0.3, -0.25) is 4.79 Å². The molecule has 0 aliphatic carbocycles. The summed E-state index contributed by atoms with van der Waals surface area (Å²) in [6.45, 7) is 9.84. The van der Waals surface area contributed by atoms with E-state index in [0.717, 1.165) is 19.5 Å². The first kappa shape index (κ1) is 14.9. The van der Waals surface area contributed by atoms with Crippen LogP contribution < -0.4 is 0 Å². The first-order chi connectivity index (χ1) is 6.26. The number of hydrogen-bond donors (Lipinski definition) is 0. The number of carbonyl (C=O) groups is 1. The van der Waals surface area contributed by atoms with Crippen LogP contribution in [0.25, 0.3) is 0 Å². The molecule has 0 saturated heterocycles. The lowest BCUT2D eigenvalue weighted by atomic mass is 10.4. The Morgan fingerprint density at radius 2 is 1.85 bits per heavy atom. The van der Waals surface area contributed by atoms with Gasteiger partial charge in [0.15, 0.2) is 0 Å². The predicted octanol–water partition coefficient (Wildman–Crippen LogP) is 1.92. The quantitative estimate of drug-likeness (QED) is 0.661. The van der Waals surface area contributed by atoms with Crippen molar-refractivity contribution in [2.45, 2.75) is 34.1 Å². The smallest absolute Gasteiger partial charge is 0.248 e. The molecule has 0 unspecified atom stereocenters. The van der Waals surface area contributed by atoms with Crippen molar-refractivity contribution >= 4 is 5.91 Å². The number of methoxy groups -OCH3 is 1. The molecule has 0 heterocycles. The molecule has 0 saturated carbocycles. The van der Waals surface area contributed by atoms with Crippen LogP contribution in [0.2, 0.25) is 0 Å². The second-order valence-electron chi connectivity index (χ2n) is 2.41. The van der Waals surface area contributed by atoms with Crippen molar-refractivity contribution in [2.75, 3.05) is 26.8 Å². The van der Waals surface area contributed by atoms with Gasteiger partial charge in [-0.1, -0.05) is 20.8 Å². The van der Waals surface area contributed by atoms with Crippen LogP contribution in [0.3, 0.4) is 0 Å². The topological polar surface area (TPSA) is 29.5 Å². The highest BCUT2D eigenvalue weighted by Crippen LogP contribution is 1.91. The Labute approximate surface area is 82.1 Å². The SMILES string of the molecule is CC.CCCN(CC)C(=O)COC. The summed E-state index contributed by atoms with van der Waals surface area (Å²) in [6.07, 6.45) is 1.00. The normalized spacial score (nSPS) is 8.69. The first-order valence-corrected chi connectivity index (χ1v) is 5.02. The minimum absolute atomic E-state index is 0.0804. The van der Waals surface area contributed by atoms with Gasteiger partial charge in [0.05, 0.1) is 0 Å². The lowest BCUT2D eigenvalue weighted by molar-refractivity contribution is -0.134. The molecule has 1 amide bonds. The van der Waals surface area contributed by atoms with E-state index in [1.54, 1.807) is 4.90 Å². The van der Waals surface area contributed by atoms with Crippen LogP contribution in [0.4, 0.5) is 0 Å². The van der Waals surface area contributed by atoms with Crippen LogP contribution in [0, 0.1) is 0 Å². The summed E-state index contributed by atoms with van der Waals surface area (Å²) in [5.74, 6) is 0.0804. The third-order valence-corrected chi connectivity index (χ3v) is 1.50. The first-order valence-electron chi connectivity index (χ1n) is 5.02. The highest BCUT2D eigenvalue weighted by atomic mass is 16.5. The van der Waals surface area contributed by atoms with Gasteiger partial charge in [-0.05, 0) is 13.3 Å². The predicted molar refractivity (Wildman–Crippen MR) is 55.8 cm³/mol. The maximum Gasteiger partial charge on any atom is 0.248 e. The van der Waals surface area contributed by atoms with E-state index >= 15 is 0 Å². The van der Waals surface area contributed by atoms with E-state index in [9.17, 15) is 4.79 Å². The lowest BCUT2D eigenvalue weighted by Gasteiger charge is -2.19. The van der Waals surface area contributed by atoms with Gasteiger partial charge in [0.25, 0.3) is 0 Å². The van der Waals surface area contributed by atoms with Gasteiger partial charge < -0.3 is 9.64 Å². The van der Waals surface area contributed by atoms with Crippen LogP contribution in [0.5, 0.6) is 0 Å². The molecule has 0 radical (unpaired) electrons. The zero-order valence-corrected chi connectivity index (χ0v) is 9.59. The van der Waals surface area contributed by atoms with E-state index in [2.05, 4.69) is 6.92 Å². The van der Waals surface area contributed by atoms with Crippen molar-refractivity contribution in [3.63, 3.8) is 0 Å². The monoisotopic (exact) mass is 189 g/mol. The van der Waals surface area contributed by atoms with Gasteiger partial charge in [0.1, 0.15) is 6.61 Å². The Kier molecular flexibility index (Phi) is 13.1. The van der Waals surface area contributed by atoms with Crippen LogP contribution in [-0.4, -0.2) is 37.6 Å². The summed E-state index contributed by atoms with van der Waals surface area (Å²) in [7, 11) is 1.54.